The Bertz CT molecular complexity index is 130. The van der Waals surface area contributed by atoms with E-state index in [1.807, 2.05) is 6.92 Å². The summed E-state index contributed by atoms with van der Waals surface area (Å²) >= 11 is 1.40. The quantitative estimate of drug-likeness (QED) is 0.632. The smallest absolute Gasteiger partial charge is 0.316 e. The molecule has 0 bridgehead atoms. The molecule has 0 radical (unpaired) electrons. The highest BCUT2D eigenvalue weighted by Gasteiger charge is 2.14. The Balaban J connectivity index is 3.38. The van der Waals surface area contributed by atoms with Crippen molar-refractivity contribution in [1.82, 2.24) is 0 Å². The molecular weight excluding hydrogens is 179 g/mol. The van der Waals surface area contributed by atoms with E-state index in [0.29, 0.717) is 12.8 Å². The van der Waals surface area contributed by atoms with Gasteiger partial charge in [-0.15, -0.1) is 11.8 Å². The molecular formula is C8H15FO2S. The van der Waals surface area contributed by atoms with Crippen LogP contribution in [0.5, 0.6) is 0 Å². The molecule has 72 valence electrons. The normalized spacial score (nSPS) is 12.8. The summed E-state index contributed by atoms with van der Waals surface area (Å²) in [5.41, 5.74) is 0. The second-order valence-electron chi connectivity index (χ2n) is 2.50. The monoisotopic (exact) mass is 194 g/mol. The highest BCUT2D eigenvalue weighted by Crippen LogP contribution is 2.16. The van der Waals surface area contributed by atoms with Crippen molar-refractivity contribution in [2.45, 2.75) is 31.4 Å². The molecule has 0 rings (SSSR count). The topological polar surface area (TPSA) is 37.3 Å². The Morgan fingerprint density at radius 2 is 2.25 bits per heavy atom. The fourth-order valence-electron chi connectivity index (χ4n) is 0.786. The van der Waals surface area contributed by atoms with Crippen molar-refractivity contribution in [2.24, 2.45) is 0 Å². The molecule has 0 fully saturated rings. The van der Waals surface area contributed by atoms with Crippen LogP contribution in [-0.4, -0.2) is 28.8 Å². The molecule has 0 heterocycles. The van der Waals surface area contributed by atoms with Crippen LogP contribution < -0.4 is 0 Å². The van der Waals surface area contributed by atoms with Crippen LogP contribution in [0.25, 0.3) is 0 Å². The summed E-state index contributed by atoms with van der Waals surface area (Å²) in [5.74, 6) is -0.0166. The van der Waals surface area contributed by atoms with Gasteiger partial charge in [0.15, 0.2) is 0 Å². The van der Waals surface area contributed by atoms with Crippen LogP contribution in [0.15, 0.2) is 0 Å². The third kappa shape index (κ3) is 5.41. The number of carboxylic acid groups (broad SMARTS) is 1. The van der Waals surface area contributed by atoms with E-state index in [2.05, 4.69) is 0 Å². The zero-order valence-corrected chi connectivity index (χ0v) is 8.07. The van der Waals surface area contributed by atoms with Gasteiger partial charge in [0.25, 0.3) is 0 Å². The highest BCUT2D eigenvalue weighted by molar-refractivity contribution is 8.00. The average Bonchev–Trinajstić information content (AvgIpc) is 2.04. The number of halogens is 1. The molecule has 0 aliphatic rings. The number of aliphatic carboxylic acids is 1. The maximum absolute atomic E-state index is 11.6. The van der Waals surface area contributed by atoms with Gasteiger partial charge in [-0.3, -0.25) is 9.18 Å². The number of carbonyl (C=O) groups is 1. The Morgan fingerprint density at radius 1 is 1.58 bits per heavy atom. The summed E-state index contributed by atoms with van der Waals surface area (Å²) in [6.07, 6.45) is 1.95. The van der Waals surface area contributed by atoms with Crippen LogP contribution in [0.3, 0.4) is 0 Å². The van der Waals surface area contributed by atoms with E-state index in [9.17, 15) is 9.18 Å². The molecule has 1 N–H and O–H groups in total. The number of carboxylic acids is 1. The predicted molar refractivity (Wildman–Crippen MR) is 49.4 cm³/mol. The number of hydrogen-bond acceptors (Lipinski definition) is 2. The van der Waals surface area contributed by atoms with E-state index < -0.39 is 5.97 Å². The Morgan fingerprint density at radius 3 is 2.67 bits per heavy atom. The summed E-state index contributed by atoms with van der Waals surface area (Å²) < 4.78 is 11.6. The molecule has 4 heteroatoms. The van der Waals surface area contributed by atoms with Crippen LogP contribution in [0.2, 0.25) is 0 Å². The van der Waals surface area contributed by atoms with E-state index in [1.54, 1.807) is 0 Å². The van der Waals surface area contributed by atoms with E-state index in [1.165, 1.54) is 11.8 Å². The van der Waals surface area contributed by atoms with Crippen molar-refractivity contribution in [3.05, 3.63) is 0 Å². The number of unbranched alkanes of at least 4 members (excludes halogenated alkanes) is 1. The van der Waals surface area contributed by atoms with Gasteiger partial charge in [0, 0.05) is 0 Å². The Kier molecular flexibility index (Phi) is 7.25. The van der Waals surface area contributed by atoms with E-state index in [-0.39, 0.29) is 11.9 Å². The Hall–Kier alpha value is -0.250. The first kappa shape index (κ1) is 11.8. The lowest BCUT2D eigenvalue weighted by Gasteiger charge is -2.07. The molecule has 1 unspecified atom stereocenters. The molecule has 0 aromatic carbocycles. The number of rotatable bonds is 7. The lowest BCUT2D eigenvalue weighted by Crippen LogP contribution is -2.15. The minimum Gasteiger partial charge on any atom is -0.480 e. The lowest BCUT2D eigenvalue weighted by molar-refractivity contribution is -0.136. The summed E-state index contributed by atoms with van der Waals surface area (Å²) in [6.45, 7) is 1.55. The first-order chi connectivity index (χ1) is 5.72. The standard InChI is InChI=1S/C8H15FO2S/c1-2-7(8(10)11)12-6-4-3-5-9/h7H,2-6H2,1H3,(H,10,11). The van der Waals surface area contributed by atoms with Gasteiger partial charge in [-0.2, -0.15) is 0 Å². The minimum atomic E-state index is -0.761. The molecule has 12 heavy (non-hydrogen) atoms. The zero-order chi connectivity index (χ0) is 9.40. The van der Waals surface area contributed by atoms with Crippen molar-refractivity contribution < 1.29 is 14.3 Å². The third-order valence-electron chi connectivity index (χ3n) is 1.49. The summed E-state index contributed by atoms with van der Waals surface area (Å²) in [7, 11) is 0. The van der Waals surface area contributed by atoms with Crippen LogP contribution in [0.1, 0.15) is 26.2 Å². The van der Waals surface area contributed by atoms with Gasteiger partial charge in [-0.1, -0.05) is 6.92 Å². The zero-order valence-electron chi connectivity index (χ0n) is 7.25. The first-order valence-electron chi connectivity index (χ1n) is 4.12. The van der Waals surface area contributed by atoms with Crippen molar-refractivity contribution >= 4 is 17.7 Å². The number of alkyl halides is 1. The molecule has 0 aliphatic heterocycles. The van der Waals surface area contributed by atoms with Gasteiger partial charge in [0.1, 0.15) is 5.25 Å². The van der Waals surface area contributed by atoms with E-state index in [0.717, 1.165) is 12.2 Å². The van der Waals surface area contributed by atoms with Gasteiger partial charge in [0.05, 0.1) is 6.67 Å². The van der Waals surface area contributed by atoms with Crippen LogP contribution >= 0.6 is 11.8 Å². The molecule has 0 spiro atoms. The van der Waals surface area contributed by atoms with Crippen molar-refractivity contribution in [2.75, 3.05) is 12.4 Å². The lowest BCUT2D eigenvalue weighted by atomic mass is 10.3. The summed E-state index contributed by atoms with van der Waals surface area (Å²) in [4.78, 5) is 10.5. The molecule has 0 amide bonds. The van der Waals surface area contributed by atoms with Crippen LogP contribution in [0.4, 0.5) is 4.39 Å². The maximum Gasteiger partial charge on any atom is 0.316 e. The van der Waals surface area contributed by atoms with Gasteiger partial charge in [0.2, 0.25) is 0 Å². The number of thioether (sulfide) groups is 1. The maximum atomic E-state index is 11.6. The van der Waals surface area contributed by atoms with Crippen LogP contribution in [-0.2, 0) is 4.79 Å². The van der Waals surface area contributed by atoms with Crippen molar-refractivity contribution in [1.29, 1.82) is 0 Å². The molecule has 0 aliphatic carbocycles. The van der Waals surface area contributed by atoms with Crippen molar-refractivity contribution in [3.8, 4) is 0 Å². The van der Waals surface area contributed by atoms with Gasteiger partial charge in [-0.25, -0.2) is 0 Å². The third-order valence-corrected chi connectivity index (χ3v) is 2.95. The van der Waals surface area contributed by atoms with Gasteiger partial charge < -0.3 is 5.11 Å². The largest absolute Gasteiger partial charge is 0.480 e. The molecule has 0 aromatic rings. The molecule has 0 saturated heterocycles. The summed E-state index contributed by atoms with van der Waals surface area (Å²) in [5, 5.41) is 8.32. The van der Waals surface area contributed by atoms with E-state index >= 15 is 0 Å². The highest BCUT2D eigenvalue weighted by atomic mass is 32.2. The van der Waals surface area contributed by atoms with Crippen LogP contribution in [0, 0.1) is 0 Å². The molecule has 2 nitrogen and oxygen atoms in total. The SMILES string of the molecule is CCC(SCCCCF)C(=O)O. The fourth-order valence-corrected chi connectivity index (χ4v) is 1.82. The summed E-state index contributed by atoms with van der Waals surface area (Å²) in [6, 6.07) is 0. The second kappa shape index (κ2) is 7.40. The second-order valence-corrected chi connectivity index (χ2v) is 3.81. The minimum absolute atomic E-state index is 0.301. The molecule has 0 aromatic heterocycles. The average molecular weight is 194 g/mol. The molecule has 1 atom stereocenters. The first-order valence-corrected chi connectivity index (χ1v) is 5.17. The number of hydrogen-bond donors (Lipinski definition) is 1. The fraction of sp³-hybridized carbons (Fsp3) is 0.875. The van der Waals surface area contributed by atoms with Crippen molar-refractivity contribution in [3.63, 3.8) is 0 Å². The van der Waals surface area contributed by atoms with Gasteiger partial charge >= 0.3 is 5.97 Å². The van der Waals surface area contributed by atoms with E-state index in [4.69, 9.17) is 5.11 Å². The Labute approximate surface area is 76.5 Å². The van der Waals surface area contributed by atoms with Gasteiger partial charge in [-0.05, 0) is 25.0 Å². The predicted octanol–water partition coefficient (Wildman–Crippen LogP) is 2.33. The molecule has 0 saturated carbocycles.